The first-order valence-electron chi connectivity index (χ1n) is 8.88. The first-order valence-corrected chi connectivity index (χ1v) is 8.88. The van der Waals surface area contributed by atoms with Gasteiger partial charge in [0, 0.05) is 5.56 Å². The van der Waals surface area contributed by atoms with E-state index in [4.69, 9.17) is 15.4 Å². The van der Waals surface area contributed by atoms with E-state index in [0.717, 1.165) is 0 Å². The summed E-state index contributed by atoms with van der Waals surface area (Å²) >= 11 is 0. The number of carbonyl (C=O) groups is 1. The molecular weight excluding hydrogens is 372 g/mol. The van der Waals surface area contributed by atoms with E-state index in [2.05, 4.69) is 15.3 Å². The molecule has 2 aliphatic rings. The van der Waals surface area contributed by atoms with Crippen LogP contribution < -0.4 is 5.73 Å². The summed E-state index contributed by atoms with van der Waals surface area (Å²) in [5, 5.41) is 27.9. The van der Waals surface area contributed by atoms with Crippen molar-refractivity contribution in [2.24, 2.45) is 37.8 Å². The van der Waals surface area contributed by atoms with Crippen molar-refractivity contribution < 1.29 is 14.5 Å². The van der Waals surface area contributed by atoms with Gasteiger partial charge >= 0.3 is 5.91 Å². The molecule has 1 aliphatic carbocycles. The quantitative estimate of drug-likeness (QED) is 0.340. The standard InChI is InChI=1S/C20H20N6O3/c1-12(2)25-28-20(29-26-13(3)4)19(11-22)16(18(19,10-21)17(23)24-20)15(27)14-8-6-5-7-9-14/h5-9,16H,1-4H3,(H2,23,24)/t16-,18+,19+/m1/s1. The van der Waals surface area contributed by atoms with Crippen LogP contribution in [0, 0.1) is 39.4 Å². The molecule has 0 amide bonds. The molecular formula is C20H20N6O3. The van der Waals surface area contributed by atoms with Crippen LogP contribution in [0.25, 0.3) is 0 Å². The molecule has 1 saturated carbocycles. The number of fused-ring (bicyclic) bond motifs is 1. The summed E-state index contributed by atoms with van der Waals surface area (Å²) in [7, 11) is 0. The van der Waals surface area contributed by atoms with Crippen LogP contribution >= 0.6 is 0 Å². The molecule has 29 heavy (non-hydrogen) atoms. The molecule has 1 heterocycles. The number of hydrogen-bond donors (Lipinski definition) is 1. The maximum absolute atomic E-state index is 13.3. The third-order valence-electron chi connectivity index (χ3n) is 4.95. The predicted molar refractivity (Wildman–Crippen MR) is 104 cm³/mol. The molecule has 0 aromatic heterocycles. The van der Waals surface area contributed by atoms with Gasteiger partial charge in [0.2, 0.25) is 5.41 Å². The Morgan fingerprint density at radius 2 is 1.62 bits per heavy atom. The van der Waals surface area contributed by atoms with Gasteiger partial charge in [0.05, 0.1) is 29.5 Å². The number of nitrogens with two attached hydrogens (primary N) is 1. The predicted octanol–water partition coefficient (Wildman–Crippen LogP) is 2.37. The number of amidine groups is 1. The van der Waals surface area contributed by atoms with Gasteiger partial charge < -0.3 is 15.4 Å². The second kappa shape index (κ2) is 6.71. The normalized spacial score (nSPS) is 27.9. The third-order valence-corrected chi connectivity index (χ3v) is 4.95. The van der Waals surface area contributed by atoms with Crippen LogP contribution in [0.4, 0.5) is 0 Å². The van der Waals surface area contributed by atoms with Crippen LogP contribution in [-0.4, -0.2) is 29.0 Å². The number of ketones is 1. The number of hydrogen-bond acceptors (Lipinski definition) is 9. The Morgan fingerprint density at radius 1 is 1.07 bits per heavy atom. The van der Waals surface area contributed by atoms with Crippen LogP contribution in [0.1, 0.15) is 38.1 Å². The van der Waals surface area contributed by atoms with Crippen LogP contribution in [0.5, 0.6) is 0 Å². The largest absolute Gasteiger partial charge is 0.421 e. The lowest BCUT2D eigenvalue weighted by molar-refractivity contribution is -0.262. The average molecular weight is 392 g/mol. The minimum atomic E-state index is -2.16. The highest BCUT2D eigenvalue weighted by Crippen LogP contribution is 2.78. The lowest BCUT2D eigenvalue weighted by Gasteiger charge is -2.27. The van der Waals surface area contributed by atoms with E-state index in [1.165, 1.54) is 0 Å². The molecule has 1 aromatic carbocycles. The number of Topliss-reactive ketones (excluding diaryl/α,β-unsaturated/α-hetero) is 1. The molecule has 1 fully saturated rings. The van der Waals surface area contributed by atoms with Gasteiger partial charge in [0.25, 0.3) is 0 Å². The van der Waals surface area contributed by atoms with E-state index in [0.29, 0.717) is 17.0 Å². The smallest absolute Gasteiger partial charge is 0.386 e. The number of nitrogens with zero attached hydrogens (tertiary/aromatic N) is 5. The summed E-state index contributed by atoms with van der Waals surface area (Å²) in [6.07, 6.45) is 0. The maximum atomic E-state index is 13.3. The third kappa shape index (κ3) is 2.51. The zero-order valence-corrected chi connectivity index (χ0v) is 16.5. The Kier molecular flexibility index (Phi) is 4.63. The van der Waals surface area contributed by atoms with Crippen molar-refractivity contribution in [2.45, 2.75) is 33.6 Å². The molecule has 2 N–H and O–H groups in total. The fourth-order valence-electron chi connectivity index (χ4n) is 3.69. The lowest BCUT2D eigenvalue weighted by atomic mass is 9.94. The van der Waals surface area contributed by atoms with E-state index in [1.54, 1.807) is 58.0 Å². The summed E-state index contributed by atoms with van der Waals surface area (Å²) < 4.78 is 0. The second-order valence-corrected chi connectivity index (χ2v) is 7.34. The fourth-order valence-corrected chi connectivity index (χ4v) is 3.69. The van der Waals surface area contributed by atoms with Crippen LogP contribution in [0.3, 0.4) is 0 Å². The van der Waals surface area contributed by atoms with Crippen molar-refractivity contribution in [1.82, 2.24) is 0 Å². The molecule has 0 bridgehead atoms. The average Bonchev–Trinajstić information content (AvgIpc) is 3.28. The Labute approximate surface area is 168 Å². The number of nitriles is 2. The molecule has 0 unspecified atom stereocenters. The zero-order valence-electron chi connectivity index (χ0n) is 16.5. The van der Waals surface area contributed by atoms with Crippen molar-refractivity contribution in [3.8, 4) is 12.1 Å². The number of rotatable bonds is 6. The Bertz CT molecular complexity index is 1000. The first kappa shape index (κ1) is 20.0. The fraction of sp³-hybridized carbons (Fsp3) is 0.400. The number of carbonyl (C=O) groups excluding carboxylic acids is 1. The van der Waals surface area contributed by atoms with Gasteiger partial charge in [-0.05, 0) is 27.7 Å². The summed E-state index contributed by atoms with van der Waals surface area (Å²) in [5.74, 6) is -3.96. The van der Waals surface area contributed by atoms with Gasteiger partial charge in [-0.2, -0.15) is 15.5 Å². The minimum Gasteiger partial charge on any atom is -0.386 e. The van der Waals surface area contributed by atoms with Crippen LogP contribution in [0.15, 0.2) is 45.6 Å². The SMILES string of the molecule is CC(C)=NOC1(ON=C(C)C)N=C(N)[C@]2(C#N)[C@@H](C(=O)c3ccccc3)[C@]12C#N. The van der Waals surface area contributed by atoms with E-state index >= 15 is 0 Å². The Hall–Kier alpha value is -3.72. The molecule has 0 saturated heterocycles. The molecule has 148 valence electrons. The maximum Gasteiger partial charge on any atom is 0.421 e. The molecule has 9 heteroatoms. The molecule has 1 aromatic rings. The van der Waals surface area contributed by atoms with E-state index in [9.17, 15) is 15.3 Å². The molecule has 0 radical (unpaired) electrons. The number of oxime groups is 2. The highest BCUT2D eigenvalue weighted by molar-refractivity contribution is 6.12. The van der Waals surface area contributed by atoms with Crippen LogP contribution in [0.2, 0.25) is 0 Å². The highest BCUT2D eigenvalue weighted by Gasteiger charge is 2.97. The van der Waals surface area contributed by atoms with E-state index in [-0.39, 0.29) is 5.84 Å². The summed E-state index contributed by atoms with van der Waals surface area (Å²) in [5.41, 5.74) is 3.89. The van der Waals surface area contributed by atoms with Gasteiger partial charge in [0.1, 0.15) is 5.84 Å². The van der Waals surface area contributed by atoms with E-state index < -0.39 is 28.4 Å². The van der Waals surface area contributed by atoms with Crippen molar-refractivity contribution in [1.29, 1.82) is 10.5 Å². The number of benzene rings is 1. The monoisotopic (exact) mass is 392 g/mol. The van der Waals surface area contributed by atoms with Crippen molar-refractivity contribution >= 4 is 23.0 Å². The molecule has 3 rings (SSSR count). The first-order chi connectivity index (χ1) is 13.7. The molecule has 1 aliphatic heterocycles. The van der Waals surface area contributed by atoms with Crippen LogP contribution in [-0.2, 0) is 9.68 Å². The minimum absolute atomic E-state index is 0.219. The topological polar surface area (TPSA) is 146 Å². The Morgan fingerprint density at radius 3 is 2.07 bits per heavy atom. The lowest BCUT2D eigenvalue weighted by Crippen LogP contribution is -2.42. The van der Waals surface area contributed by atoms with Crippen molar-refractivity contribution in [3.63, 3.8) is 0 Å². The summed E-state index contributed by atoms with van der Waals surface area (Å²) in [6, 6.07) is 12.4. The van der Waals surface area contributed by atoms with Gasteiger partial charge in [-0.15, -0.1) is 0 Å². The summed E-state index contributed by atoms with van der Waals surface area (Å²) in [4.78, 5) is 28.5. The second-order valence-electron chi connectivity index (χ2n) is 7.34. The highest BCUT2D eigenvalue weighted by atomic mass is 16.8. The zero-order chi connectivity index (χ0) is 21.4. The van der Waals surface area contributed by atoms with Gasteiger partial charge in [0.15, 0.2) is 11.2 Å². The van der Waals surface area contributed by atoms with E-state index in [1.807, 2.05) is 12.1 Å². The molecule has 3 atom stereocenters. The van der Waals surface area contributed by atoms with Gasteiger partial charge in [-0.25, -0.2) is 0 Å². The van der Waals surface area contributed by atoms with Gasteiger partial charge in [-0.1, -0.05) is 40.6 Å². The number of aliphatic imine (C=N–C) groups is 1. The van der Waals surface area contributed by atoms with Gasteiger partial charge in [-0.3, -0.25) is 4.79 Å². The van der Waals surface area contributed by atoms with Crippen molar-refractivity contribution in [2.75, 3.05) is 0 Å². The molecule has 0 spiro atoms. The molecule has 9 nitrogen and oxygen atoms in total. The Balaban J connectivity index is 2.20. The summed E-state index contributed by atoms with van der Waals surface area (Å²) in [6.45, 7) is 6.67. The van der Waals surface area contributed by atoms with Crippen molar-refractivity contribution in [3.05, 3.63) is 35.9 Å².